The van der Waals surface area contributed by atoms with Gasteiger partial charge in [0.25, 0.3) is 0 Å². The highest BCUT2D eigenvalue weighted by molar-refractivity contribution is 6.63. The molecule has 3 heteroatoms. The molecule has 0 aromatic carbocycles. The fourth-order valence-electron chi connectivity index (χ4n) is 0.544. The zero-order valence-corrected chi connectivity index (χ0v) is 7.87. The van der Waals surface area contributed by atoms with Gasteiger partial charge in [-0.25, -0.2) is 0 Å². The Morgan fingerprint density at radius 3 is 1.29 bits per heavy atom. The van der Waals surface area contributed by atoms with Crippen molar-refractivity contribution in [2.45, 2.75) is 26.2 Å². The molecule has 0 aliphatic rings. The van der Waals surface area contributed by atoms with Crippen LogP contribution in [0.2, 0.25) is 26.2 Å². The van der Waals surface area contributed by atoms with Gasteiger partial charge in [-0.1, -0.05) is 0 Å². The predicted octanol–water partition coefficient (Wildman–Crippen LogP) is 1.19. The first-order valence-corrected chi connectivity index (χ1v) is 8.34. The molecule has 0 unspecified atom stereocenters. The van der Waals surface area contributed by atoms with Crippen molar-refractivity contribution in [1.29, 1.82) is 0 Å². The Morgan fingerprint density at radius 2 is 1.29 bits per heavy atom. The van der Waals surface area contributed by atoms with Crippen LogP contribution in [0, 0.1) is 0 Å². The van der Waals surface area contributed by atoms with E-state index in [1.165, 1.54) is 0 Å². The van der Waals surface area contributed by atoms with E-state index in [0.29, 0.717) is 0 Å². The van der Waals surface area contributed by atoms with Crippen LogP contribution in [-0.4, -0.2) is 18.1 Å². The van der Waals surface area contributed by atoms with Crippen molar-refractivity contribution in [2.75, 3.05) is 0 Å². The van der Waals surface area contributed by atoms with Crippen molar-refractivity contribution in [1.82, 2.24) is 0 Å². The first kappa shape index (κ1) is 7.39. The Bertz CT molecular complexity index is 45.8. The molecule has 0 aromatic rings. The third-order valence-corrected chi connectivity index (χ3v) is 4.90. The summed E-state index contributed by atoms with van der Waals surface area (Å²) in [6.45, 7) is 8.86. The SMILES string of the molecule is C[SiH](C)O[SiH](C)C.[H+].[H+]. The maximum atomic E-state index is 5.53. The van der Waals surface area contributed by atoms with Gasteiger partial charge in [0.15, 0.2) is 18.1 Å². The van der Waals surface area contributed by atoms with E-state index in [4.69, 9.17) is 4.12 Å². The minimum Gasteiger partial charge on any atom is -0.461 e. The van der Waals surface area contributed by atoms with Gasteiger partial charge in [0.1, 0.15) is 0 Å². The van der Waals surface area contributed by atoms with E-state index in [0.717, 1.165) is 0 Å². The molecule has 0 aromatic heterocycles. The molecule has 7 heavy (non-hydrogen) atoms. The van der Waals surface area contributed by atoms with E-state index in [-0.39, 0.29) is 2.85 Å². The fraction of sp³-hybridized carbons (Fsp3) is 1.00. The number of rotatable bonds is 2. The van der Waals surface area contributed by atoms with Crippen LogP contribution in [0.3, 0.4) is 0 Å². The maximum absolute atomic E-state index is 5.53. The summed E-state index contributed by atoms with van der Waals surface area (Å²) in [5.74, 6) is 0. The van der Waals surface area contributed by atoms with Gasteiger partial charge in [-0.2, -0.15) is 0 Å². The summed E-state index contributed by atoms with van der Waals surface area (Å²) in [4.78, 5) is 0. The molecular formula is C4H16OSi2+2. The Balaban J connectivity index is -0.000000180. The second-order valence-electron chi connectivity index (χ2n) is 2.23. The fourth-order valence-corrected chi connectivity index (χ4v) is 4.90. The summed E-state index contributed by atoms with van der Waals surface area (Å²) in [6, 6.07) is 0. The minimum absolute atomic E-state index is 0. The molecule has 0 heterocycles. The van der Waals surface area contributed by atoms with Crippen LogP contribution >= 0.6 is 0 Å². The molecule has 0 rings (SSSR count). The smallest absolute Gasteiger partial charge is 0.461 e. The van der Waals surface area contributed by atoms with Gasteiger partial charge in [-0.05, 0) is 26.2 Å². The van der Waals surface area contributed by atoms with Crippen molar-refractivity contribution in [3.8, 4) is 0 Å². The lowest BCUT2D eigenvalue weighted by Gasteiger charge is -2.07. The Hall–Kier alpha value is 0.394. The van der Waals surface area contributed by atoms with Gasteiger partial charge in [-0.3, -0.25) is 0 Å². The highest BCUT2D eigenvalue weighted by atomic mass is 28.4. The van der Waals surface area contributed by atoms with Gasteiger partial charge >= 0.3 is 2.85 Å². The van der Waals surface area contributed by atoms with Gasteiger partial charge in [0, 0.05) is 0 Å². The average molecular weight is 136 g/mol. The van der Waals surface area contributed by atoms with Crippen molar-refractivity contribution in [3.63, 3.8) is 0 Å². The monoisotopic (exact) mass is 136 g/mol. The highest BCUT2D eigenvalue weighted by Gasteiger charge is 1.97. The first-order valence-electron chi connectivity index (χ1n) is 2.78. The van der Waals surface area contributed by atoms with Crippen LogP contribution < -0.4 is 0 Å². The molecule has 0 N–H and O–H groups in total. The Morgan fingerprint density at radius 1 is 1.00 bits per heavy atom. The molecule has 0 atom stereocenters. The molecule has 0 aliphatic carbocycles. The van der Waals surface area contributed by atoms with Crippen LogP contribution in [0.15, 0.2) is 0 Å². The zero-order valence-electron chi connectivity index (χ0n) is 7.56. The van der Waals surface area contributed by atoms with Crippen molar-refractivity contribution >= 4 is 18.1 Å². The number of hydrogen-bond donors (Lipinski definition) is 0. The van der Waals surface area contributed by atoms with Crippen molar-refractivity contribution in [3.05, 3.63) is 0 Å². The summed E-state index contributed by atoms with van der Waals surface area (Å²) >= 11 is 0. The third-order valence-electron chi connectivity index (χ3n) is 0.544. The Kier molecular flexibility index (Phi) is 3.59. The lowest BCUT2D eigenvalue weighted by Crippen LogP contribution is -2.17. The van der Waals surface area contributed by atoms with Gasteiger partial charge < -0.3 is 4.12 Å². The molecule has 0 bridgehead atoms. The average Bonchev–Trinajstić information content (AvgIpc) is 1.27. The van der Waals surface area contributed by atoms with E-state index in [1.54, 1.807) is 0 Å². The van der Waals surface area contributed by atoms with Crippen LogP contribution in [0.4, 0.5) is 0 Å². The summed E-state index contributed by atoms with van der Waals surface area (Å²) in [5, 5.41) is 0. The molecule has 0 saturated carbocycles. The van der Waals surface area contributed by atoms with Gasteiger partial charge in [0.05, 0.1) is 0 Å². The topological polar surface area (TPSA) is 9.23 Å². The predicted molar refractivity (Wildman–Crippen MR) is 41.1 cm³/mol. The zero-order chi connectivity index (χ0) is 5.86. The van der Waals surface area contributed by atoms with Crippen molar-refractivity contribution < 1.29 is 6.97 Å². The molecule has 0 fully saturated rings. The first-order chi connectivity index (χ1) is 3.13. The van der Waals surface area contributed by atoms with E-state index < -0.39 is 18.1 Å². The lowest BCUT2D eigenvalue weighted by atomic mass is 11.9. The Labute approximate surface area is 52.1 Å². The summed E-state index contributed by atoms with van der Waals surface area (Å²) in [7, 11) is -1.33. The number of hydrogen-bond acceptors (Lipinski definition) is 1. The van der Waals surface area contributed by atoms with E-state index >= 15 is 0 Å². The molecule has 44 valence electrons. The third kappa shape index (κ3) is 6.39. The second kappa shape index (κ2) is 3.40. The second-order valence-corrected chi connectivity index (χ2v) is 7.52. The van der Waals surface area contributed by atoms with Gasteiger partial charge in [-0.15, -0.1) is 0 Å². The summed E-state index contributed by atoms with van der Waals surface area (Å²) in [5.41, 5.74) is 0. The van der Waals surface area contributed by atoms with Crippen LogP contribution in [0.25, 0.3) is 0 Å². The van der Waals surface area contributed by atoms with Crippen LogP contribution in [0.1, 0.15) is 2.85 Å². The molecule has 1 nitrogen and oxygen atoms in total. The van der Waals surface area contributed by atoms with Crippen LogP contribution in [-0.2, 0) is 4.12 Å². The maximum Gasteiger partial charge on any atom is 1.00 e. The lowest BCUT2D eigenvalue weighted by molar-refractivity contribution is 0.608. The molecule has 0 spiro atoms. The molecule has 0 amide bonds. The van der Waals surface area contributed by atoms with E-state index in [9.17, 15) is 0 Å². The molecule has 0 aliphatic heterocycles. The summed E-state index contributed by atoms with van der Waals surface area (Å²) in [6.07, 6.45) is 0. The minimum atomic E-state index is -0.667. The largest absolute Gasteiger partial charge is 1.00 e. The standard InChI is InChI=1S/C4H14OSi2/c1-6(2)5-7(3)4/h6-7H,1-4H3/p+2. The molecule has 0 saturated heterocycles. The van der Waals surface area contributed by atoms with E-state index in [2.05, 4.69) is 26.2 Å². The van der Waals surface area contributed by atoms with Crippen molar-refractivity contribution in [2.24, 2.45) is 0 Å². The van der Waals surface area contributed by atoms with Gasteiger partial charge in [0.2, 0.25) is 0 Å². The quantitative estimate of drug-likeness (QED) is 0.518. The molecular weight excluding hydrogens is 120 g/mol. The molecule has 0 radical (unpaired) electrons. The van der Waals surface area contributed by atoms with Crippen LogP contribution in [0.5, 0.6) is 0 Å². The van der Waals surface area contributed by atoms with E-state index in [1.807, 2.05) is 0 Å². The normalized spacial score (nSPS) is 11.1. The summed E-state index contributed by atoms with van der Waals surface area (Å²) < 4.78 is 5.53. The highest BCUT2D eigenvalue weighted by Crippen LogP contribution is 1.87.